The van der Waals surface area contributed by atoms with Gasteiger partial charge in [-0.2, -0.15) is 12.6 Å². The molecule has 0 bridgehead atoms. The van der Waals surface area contributed by atoms with E-state index in [9.17, 15) is 4.79 Å². The topological polar surface area (TPSA) is 29.1 Å². The first-order chi connectivity index (χ1) is 4.72. The van der Waals surface area contributed by atoms with Gasteiger partial charge in [-0.1, -0.05) is 12.7 Å². The molecule has 0 aromatic heterocycles. The largest absolute Gasteiger partial charge is 0.344 e. The standard InChI is InChI=1S/C7H11NOS/c1-3-4-6(2)7(9)8-5-10/h3,10H,1-2,4-5H2,(H,8,9). The van der Waals surface area contributed by atoms with Crippen LogP contribution < -0.4 is 5.32 Å². The second kappa shape index (κ2) is 5.11. The number of amides is 1. The van der Waals surface area contributed by atoms with E-state index in [1.54, 1.807) is 6.08 Å². The Morgan fingerprint density at radius 2 is 2.30 bits per heavy atom. The second-order valence-electron chi connectivity index (χ2n) is 1.76. The molecule has 0 spiro atoms. The van der Waals surface area contributed by atoms with Gasteiger partial charge in [0.05, 0.1) is 5.88 Å². The number of carbonyl (C=O) groups excluding carboxylic acids is 1. The molecule has 2 nitrogen and oxygen atoms in total. The zero-order valence-electron chi connectivity index (χ0n) is 5.76. The van der Waals surface area contributed by atoms with Crippen molar-refractivity contribution in [3.8, 4) is 0 Å². The maximum Gasteiger partial charge on any atom is 0.247 e. The van der Waals surface area contributed by atoms with Crippen molar-refractivity contribution in [1.82, 2.24) is 5.32 Å². The van der Waals surface area contributed by atoms with Crippen molar-refractivity contribution < 1.29 is 4.79 Å². The molecule has 1 amide bonds. The first-order valence-electron chi connectivity index (χ1n) is 2.90. The van der Waals surface area contributed by atoms with Crippen LogP contribution in [-0.2, 0) is 4.79 Å². The molecule has 0 aliphatic rings. The van der Waals surface area contributed by atoms with Crippen molar-refractivity contribution in [2.24, 2.45) is 0 Å². The number of nitrogens with one attached hydrogen (secondary N) is 1. The minimum atomic E-state index is -0.157. The molecular formula is C7H11NOS. The zero-order chi connectivity index (χ0) is 7.98. The molecule has 1 N–H and O–H groups in total. The highest BCUT2D eigenvalue weighted by molar-refractivity contribution is 7.80. The van der Waals surface area contributed by atoms with E-state index in [1.165, 1.54) is 0 Å². The predicted octanol–water partition coefficient (Wildman–Crippen LogP) is 1.12. The molecule has 0 fully saturated rings. The highest BCUT2D eigenvalue weighted by Crippen LogP contribution is 1.97. The Balaban J connectivity index is 3.70. The molecule has 3 heteroatoms. The third-order valence-corrected chi connectivity index (χ3v) is 1.11. The smallest absolute Gasteiger partial charge is 0.247 e. The van der Waals surface area contributed by atoms with Gasteiger partial charge in [-0.3, -0.25) is 4.79 Å². The maximum atomic E-state index is 10.8. The van der Waals surface area contributed by atoms with Gasteiger partial charge in [-0.15, -0.1) is 6.58 Å². The minimum absolute atomic E-state index is 0.157. The molecule has 0 rings (SSSR count). The van der Waals surface area contributed by atoms with Gasteiger partial charge in [0.2, 0.25) is 5.91 Å². The first kappa shape index (κ1) is 9.30. The Morgan fingerprint density at radius 3 is 2.70 bits per heavy atom. The molecule has 0 aromatic rings. The average molecular weight is 157 g/mol. The number of hydrogen-bond donors (Lipinski definition) is 2. The summed E-state index contributed by atoms with van der Waals surface area (Å²) in [6.45, 7) is 7.03. The lowest BCUT2D eigenvalue weighted by molar-refractivity contribution is -0.117. The van der Waals surface area contributed by atoms with E-state index in [1.807, 2.05) is 0 Å². The number of thiol groups is 1. The molecule has 0 radical (unpaired) electrons. The Bertz CT molecular complexity index is 154. The molecule has 0 saturated heterocycles. The molecule has 56 valence electrons. The van der Waals surface area contributed by atoms with Gasteiger partial charge in [-0.25, -0.2) is 0 Å². The lowest BCUT2D eigenvalue weighted by Gasteiger charge is -2.00. The molecule has 0 unspecified atom stereocenters. The predicted molar refractivity (Wildman–Crippen MR) is 45.9 cm³/mol. The van der Waals surface area contributed by atoms with Gasteiger partial charge in [0.1, 0.15) is 0 Å². The molecule has 0 atom stereocenters. The monoisotopic (exact) mass is 157 g/mol. The Morgan fingerprint density at radius 1 is 1.70 bits per heavy atom. The van der Waals surface area contributed by atoms with E-state index in [0.717, 1.165) is 0 Å². The van der Waals surface area contributed by atoms with Crippen LogP contribution in [0.3, 0.4) is 0 Å². The molecule has 0 heterocycles. The fourth-order valence-corrected chi connectivity index (χ4v) is 0.607. The van der Waals surface area contributed by atoms with Crippen molar-refractivity contribution in [2.45, 2.75) is 6.42 Å². The lowest BCUT2D eigenvalue weighted by atomic mass is 10.2. The molecule has 10 heavy (non-hydrogen) atoms. The van der Waals surface area contributed by atoms with E-state index in [2.05, 4.69) is 31.1 Å². The van der Waals surface area contributed by atoms with Gasteiger partial charge in [-0.05, 0) is 6.42 Å². The third kappa shape index (κ3) is 3.35. The van der Waals surface area contributed by atoms with E-state index < -0.39 is 0 Å². The number of allylic oxidation sites excluding steroid dienone is 1. The highest BCUT2D eigenvalue weighted by Gasteiger charge is 2.01. The zero-order valence-corrected chi connectivity index (χ0v) is 6.66. The van der Waals surface area contributed by atoms with Crippen LogP contribution in [0.2, 0.25) is 0 Å². The summed E-state index contributed by atoms with van der Waals surface area (Å²) in [5.41, 5.74) is 0.518. The lowest BCUT2D eigenvalue weighted by Crippen LogP contribution is -2.22. The summed E-state index contributed by atoms with van der Waals surface area (Å²) in [5.74, 6) is 0.185. The van der Waals surface area contributed by atoms with Crippen LogP contribution in [0.1, 0.15) is 6.42 Å². The summed E-state index contributed by atoms with van der Waals surface area (Å²) in [5, 5.41) is 2.51. The van der Waals surface area contributed by atoms with Gasteiger partial charge in [0.15, 0.2) is 0 Å². The summed E-state index contributed by atoms with van der Waals surface area (Å²) < 4.78 is 0. The SMILES string of the molecule is C=CCC(=C)C(=O)NCS. The van der Waals surface area contributed by atoms with E-state index in [-0.39, 0.29) is 5.91 Å². The Hall–Kier alpha value is -0.700. The molecule has 0 aliphatic carbocycles. The van der Waals surface area contributed by atoms with Crippen molar-refractivity contribution in [2.75, 3.05) is 5.88 Å². The summed E-state index contributed by atoms with van der Waals surface area (Å²) in [6, 6.07) is 0. The molecule has 0 aromatic carbocycles. The maximum absolute atomic E-state index is 10.8. The number of rotatable bonds is 4. The first-order valence-corrected chi connectivity index (χ1v) is 3.53. The highest BCUT2D eigenvalue weighted by atomic mass is 32.1. The second-order valence-corrected chi connectivity index (χ2v) is 2.08. The van der Waals surface area contributed by atoms with Crippen LogP contribution in [0, 0.1) is 0 Å². The van der Waals surface area contributed by atoms with Gasteiger partial charge in [0, 0.05) is 5.57 Å². The molecular weight excluding hydrogens is 146 g/mol. The van der Waals surface area contributed by atoms with Crippen LogP contribution >= 0.6 is 12.6 Å². The fourth-order valence-electron chi connectivity index (χ4n) is 0.464. The van der Waals surface area contributed by atoms with Gasteiger partial charge >= 0.3 is 0 Å². The summed E-state index contributed by atoms with van der Waals surface area (Å²) in [7, 11) is 0. The van der Waals surface area contributed by atoms with Crippen molar-refractivity contribution in [3.05, 3.63) is 24.8 Å². The van der Waals surface area contributed by atoms with Crippen molar-refractivity contribution >= 4 is 18.5 Å². The summed E-state index contributed by atoms with van der Waals surface area (Å²) in [4.78, 5) is 10.8. The quantitative estimate of drug-likeness (QED) is 0.272. The van der Waals surface area contributed by atoms with Gasteiger partial charge < -0.3 is 5.32 Å². The van der Waals surface area contributed by atoms with Gasteiger partial charge in [0.25, 0.3) is 0 Å². The Labute approximate surface area is 66.4 Å². The van der Waals surface area contributed by atoms with Crippen molar-refractivity contribution in [1.29, 1.82) is 0 Å². The molecule has 0 saturated carbocycles. The van der Waals surface area contributed by atoms with Crippen LogP contribution in [0.5, 0.6) is 0 Å². The van der Waals surface area contributed by atoms with Crippen LogP contribution in [0.25, 0.3) is 0 Å². The number of hydrogen-bond acceptors (Lipinski definition) is 2. The van der Waals surface area contributed by atoms with Crippen LogP contribution in [0.15, 0.2) is 24.8 Å². The van der Waals surface area contributed by atoms with Crippen LogP contribution in [-0.4, -0.2) is 11.8 Å². The normalized spacial score (nSPS) is 8.50. The minimum Gasteiger partial charge on any atom is -0.344 e. The summed E-state index contributed by atoms with van der Waals surface area (Å²) >= 11 is 3.82. The Kier molecular flexibility index (Phi) is 4.76. The van der Waals surface area contributed by atoms with E-state index in [4.69, 9.17) is 0 Å². The third-order valence-electron chi connectivity index (χ3n) is 0.951. The number of carbonyl (C=O) groups is 1. The van der Waals surface area contributed by atoms with Crippen LogP contribution in [0.4, 0.5) is 0 Å². The summed E-state index contributed by atoms with van der Waals surface area (Å²) in [6.07, 6.45) is 2.17. The van der Waals surface area contributed by atoms with Crippen molar-refractivity contribution in [3.63, 3.8) is 0 Å². The van der Waals surface area contributed by atoms with E-state index in [0.29, 0.717) is 17.9 Å². The molecule has 0 aliphatic heterocycles. The average Bonchev–Trinajstić information content (AvgIpc) is 1.89. The van der Waals surface area contributed by atoms with E-state index >= 15 is 0 Å². The fraction of sp³-hybridized carbons (Fsp3) is 0.286.